The minimum Gasteiger partial charge on any atom is -0.326 e. The van der Waals surface area contributed by atoms with Crippen LogP contribution in [0, 0.1) is 0 Å². The van der Waals surface area contributed by atoms with Crippen LogP contribution in [-0.4, -0.2) is 19.7 Å². The number of hydrogen-bond acceptors (Lipinski definition) is 4. The average molecular weight is 217 g/mol. The Bertz CT molecular complexity index is 472. The highest BCUT2D eigenvalue weighted by Gasteiger charge is 2.08. The van der Waals surface area contributed by atoms with Crippen molar-refractivity contribution >= 4 is 0 Å². The lowest BCUT2D eigenvalue weighted by molar-refractivity contribution is 0.750. The van der Waals surface area contributed by atoms with Crippen LogP contribution in [-0.2, 0) is 20.0 Å². The first-order chi connectivity index (χ1) is 7.74. The Morgan fingerprint density at radius 3 is 2.69 bits per heavy atom. The summed E-state index contributed by atoms with van der Waals surface area (Å²) in [5.41, 5.74) is 7.36. The standard InChI is InChI=1S/C11H15N5/c1-3-10-14-11(16(2)15-10)9-5-4-8(6-12)7-13-9/h4-5,7H,3,6,12H2,1-2H3. The Morgan fingerprint density at radius 1 is 1.38 bits per heavy atom. The number of pyridine rings is 1. The SMILES string of the molecule is CCc1nc(-c2ccc(CN)cn2)n(C)n1. The minimum absolute atomic E-state index is 0.506. The summed E-state index contributed by atoms with van der Waals surface area (Å²) in [5.74, 6) is 1.63. The van der Waals surface area contributed by atoms with Crippen molar-refractivity contribution in [3.8, 4) is 11.5 Å². The number of nitrogens with zero attached hydrogens (tertiary/aromatic N) is 4. The van der Waals surface area contributed by atoms with Gasteiger partial charge in [0, 0.05) is 26.2 Å². The van der Waals surface area contributed by atoms with Crippen molar-refractivity contribution in [2.45, 2.75) is 19.9 Å². The van der Waals surface area contributed by atoms with Crippen LogP contribution in [0.25, 0.3) is 11.5 Å². The Balaban J connectivity index is 2.38. The van der Waals surface area contributed by atoms with Gasteiger partial charge in [-0.3, -0.25) is 4.98 Å². The molecule has 5 nitrogen and oxygen atoms in total. The second-order valence-corrected chi connectivity index (χ2v) is 3.58. The molecule has 84 valence electrons. The molecule has 2 N–H and O–H groups in total. The van der Waals surface area contributed by atoms with E-state index in [4.69, 9.17) is 5.73 Å². The lowest BCUT2D eigenvalue weighted by Gasteiger charge is -2.00. The predicted octanol–water partition coefficient (Wildman–Crippen LogP) is 0.898. The zero-order chi connectivity index (χ0) is 11.5. The molecule has 0 aliphatic rings. The molecule has 2 rings (SSSR count). The van der Waals surface area contributed by atoms with E-state index in [1.54, 1.807) is 10.9 Å². The molecule has 0 bridgehead atoms. The van der Waals surface area contributed by atoms with Crippen molar-refractivity contribution in [1.29, 1.82) is 0 Å². The highest BCUT2D eigenvalue weighted by Crippen LogP contribution is 2.14. The van der Waals surface area contributed by atoms with Gasteiger partial charge in [0.2, 0.25) is 0 Å². The van der Waals surface area contributed by atoms with Gasteiger partial charge in [0.05, 0.1) is 0 Å². The van der Waals surface area contributed by atoms with E-state index in [9.17, 15) is 0 Å². The van der Waals surface area contributed by atoms with E-state index >= 15 is 0 Å². The molecule has 0 aromatic carbocycles. The average Bonchev–Trinajstić information content (AvgIpc) is 2.71. The van der Waals surface area contributed by atoms with Gasteiger partial charge in [0.1, 0.15) is 5.69 Å². The van der Waals surface area contributed by atoms with E-state index in [1.165, 1.54) is 0 Å². The summed E-state index contributed by atoms with van der Waals surface area (Å²) < 4.78 is 1.75. The Kier molecular flexibility index (Phi) is 2.96. The lowest BCUT2D eigenvalue weighted by atomic mass is 10.2. The monoisotopic (exact) mass is 217 g/mol. The van der Waals surface area contributed by atoms with Gasteiger partial charge in [-0.2, -0.15) is 5.10 Å². The summed E-state index contributed by atoms with van der Waals surface area (Å²) in [4.78, 5) is 8.74. The van der Waals surface area contributed by atoms with E-state index in [2.05, 4.69) is 15.1 Å². The zero-order valence-corrected chi connectivity index (χ0v) is 9.51. The molecule has 2 aromatic heterocycles. The first kappa shape index (κ1) is 10.8. The molecule has 0 unspecified atom stereocenters. The molecule has 2 heterocycles. The van der Waals surface area contributed by atoms with E-state index in [1.807, 2.05) is 26.1 Å². The number of aromatic nitrogens is 4. The minimum atomic E-state index is 0.506. The van der Waals surface area contributed by atoms with E-state index in [0.717, 1.165) is 29.3 Å². The van der Waals surface area contributed by atoms with Crippen molar-refractivity contribution in [1.82, 2.24) is 19.7 Å². The Labute approximate surface area is 94.3 Å². The van der Waals surface area contributed by atoms with Crippen molar-refractivity contribution in [2.24, 2.45) is 12.8 Å². The molecule has 0 amide bonds. The van der Waals surface area contributed by atoms with Gasteiger partial charge >= 0.3 is 0 Å². The molecule has 0 saturated heterocycles. The Morgan fingerprint density at radius 2 is 2.19 bits per heavy atom. The third-order valence-electron chi connectivity index (χ3n) is 2.41. The highest BCUT2D eigenvalue weighted by atomic mass is 15.3. The van der Waals surface area contributed by atoms with Crippen LogP contribution >= 0.6 is 0 Å². The van der Waals surface area contributed by atoms with Crippen LogP contribution in [0.3, 0.4) is 0 Å². The van der Waals surface area contributed by atoms with Gasteiger partial charge in [-0.25, -0.2) is 9.67 Å². The fourth-order valence-corrected chi connectivity index (χ4v) is 1.49. The molecule has 0 saturated carbocycles. The van der Waals surface area contributed by atoms with Gasteiger partial charge in [0.15, 0.2) is 11.6 Å². The molecule has 2 aromatic rings. The summed E-state index contributed by atoms with van der Waals surface area (Å²) in [5, 5.41) is 4.29. The molecule has 5 heteroatoms. The zero-order valence-electron chi connectivity index (χ0n) is 9.51. The van der Waals surface area contributed by atoms with E-state index in [0.29, 0.717) is 6.54 Å². The van der Waals surface area contributed by atoms with Gasteiger partial charge in [-0.1, -0.05) is 13.0 Å². The van der Waals surface area contributed by atoms with Crippen LogP contribution in [0.15, 0.2) is 18.3 Å². The van der Waals surface area contributed by atoms with E-state index in [-0.39, 0.29) is 0 Å². The van der Waals surface area contributed by atoms with Gasteiger partial charge in [0.25, 0.3) is 0 Å². The normalized spacial score (nSPS) is 10.7. The Hall–Kier alpha value is -1.75. The lowest BCUT2D eigenvalue weighted by Crippen LogP contribution is -1.99. The van der Waals surface area contributed by atoms with Crippen molar-refractivity contribution in [3.05, 3.63) is 29.7 Å². The molecule has 0 fully saturated rings. The first-order valence-electron chi connectivity index (χ1n) is 5.30. The third kappa shape index (κ3) is 1.94. The molecular weight excluding hydrogens is 202 g/mol. The van der Waals surface area contributed by atoms with Crippen LogP contribution in [0.1, 0.15) is 18.3 Å². The van der Waals surface area contributed by atoms with E-state index < -0.39 is 0 Å². The summed E-state index contributed by atoms with van der Waals surface area (Å²) in [7, 11) is 1.88. The molecule has 0 aliphatic heterocycles. The molecule has 0 atom stereocenters. The quantitative estimate of drug-likeness (QED) is 0.829. The van der Waals surface area contributed by atoms with Crippen LogP contribution in [0.5, 0.6) is 0 Å². The van der Waals surface area contributed by atoms with Gasteiger partial charge in [-0.15, -0.1) is 0 Å². The number of aryl methyl sites for hydroxylation is 2. The predicted molar refractivity (Wildman–Crippen MR) is 61.5 cm³/mol. The van der Waals surface area contributed by atoms with Crippen LogP contribution < -0.4 is 5.73 Å². The topological polar surface area (TPSA) is 69.6 Å². The van der Waals surface area contributed by atoms with Crippen LogP contribution in [0.2, 0.25) is 0 Å². The maximum atomic E-state index is 5.52. The molecule has 16 heavy (non-hydrogen) atoms. The fourth-order valence-electron chi connectivity index (χ4n) is 1.49. The molecule has 0 spiro atoms. The maximum Gasteiger partial charge on any atom is 0.176 e. The van der Waals surface area contributed by atoms with Crippen molar-refractivity contribution in [3.63, 3.8) is 0 Å². The molecular formula is C11H15N5. The van der Waals surface area contributed by atoms with Crippen molar-refractivity contribution in [2.75, 3.05) is 0 Å². The van der Waals surface area contributed by atoms with Gasteiger partial charge in [-0.05, 0) is 11.6 Å². The smallest absolute Gasteiger partial charge is 0.176 e. The fraction of sp³-hybridized carbons (Fsp3) is 0.364. The highest BCUT2D eigenvalue weighted by molar-refractivity contribution is 5.49. The second kappa shape index (κ2) is 4.40. The second-order valence-electron chi connectivity index (χ2n) is 3.58. The number of nitrogens with two attached hydrogens (primary N) is 1. The largest absolute Gasteiger partial charge is 0.326 e. The first-order valence-corrected chi connectivity index (χ1v) is 5.30. The number of rotatable bonds is 3. The number of hydrogen-bond donors (Lipinski definition) is 1. The molecule has 0 radical (unpaired) electrons. The summed E-state index contributed by atoms with van der Waals surface area (Å²) >= 11 is 0. The van der Waals surface area contributed by atoms with Crippen LogP contribution in [0.4, 0.5) is 0 Å². The van der Waals surface area contributed by atoms with Gasteiger partial charge < -0.3 is 5.73 Å². The summed E-state index contributed by atoms with van der Waals surface area (Å²) in [6.07, 6.45) is 2.60. The third-order valence-corrected chi connectivity index (χ3v) is 2.41. The van der Waals surface area contributed by atoms with Crippen molar-refractivity contribution < 1.29 is 0 Å². The molecule has 0 aliphatic carbocycles. The maximum absolute atomic E-state index is 5.52. The summed E-state index contributed by atoms with van der Waals surface area (Å²) in [6, 6.07) is 3.88. The summed E-state index contributed by atoms with van der Waals surface area (Å²) in [6.45, 7) is 2.54.